The zero-order valence-electron chi connectivity index (χ0n) is 9.44. The molecule has 1 saturated carbocycles. The summed E-state index contributed by atoms with van der Waals surface area (Å²) < 4.78 is 20.3. The van der Waals surface area contributed by atoms with Crippen molar-refractivity contribution in [3.63, 3.8) is 0 Å². The zero-order valence-corrected chi connectivity index (χ0v) is 11.0. The minimum absolute atomic E-state index is 0.178. The van der Waals surface area contributed by atoms with E-state index in [0.717, 1.165) is 17.3 Å². The first-order valence-corrected chi connectivity index (χ1v) is 6.08. The first kappa shape index (κ1) is 11.9. The molecule has 0 aliphatic heterocycles. The normalized spacial score (nSPS) is 17.3. The second kappa shape index (κ2) is 4.00. The highest BCUT2D eigenvalue weighted by molar-refractivity contribution is 9.10. The van der Waals surface area contributed by atoms with Gasteiger partial charge in [0.1, 0.15) is 11.6 Å². The second-order valence-electron chi connectivity index (χ2n) is 4.38. The van der Waals surface area contributed by atoms with E-state index in [1.54, 1.807) is 20.1 Å². The van der Waals surface area contributed by atoms with Crippen molar-refractivity contribution < 1.29 is 9.13 Å². The van der Waals surface area contributed by atoms with Crippen LogP contribution in [-0.4, -0.2) is 13.7 Å². The quantitative estimate of drug-likeness (QED) is 0.928. The second-order valence-corrected chi connectivity index (χ2v) is 5.24. The van der Waals surface area contributed by atoms with Gasteiger partial charge in [-0.25, -0.2) is 4.39 Å². The van der Waals surface area contributed by atoms with E-state index in [0.29, 0.717) is 23.4 Å². The molecule has 0 radical (unpaired) electrons. The van der Waals surface area contributed by atoms with Crippen LogP contribution in [0.1, 0.15) is 24.0 Å². The largest absolute Gasteiger partial charge is 0.495 e. The SMILES string of the molecule is COc1c(Br)cc(C)c(F)c1C1(CN)CC1. The Kier molecular flexibility index (Phi) is 2.97. The molecule has 0 amide bonds. The minimum Gasteiger partial charge on any atom is -0.495 e. The maximum Gasteiger partial charge on any atom is 0.139 e. The van der Waals surface area contributed by atoms with Crippen molar-refractivity contribution in [2.24, 2.45) is 5.73 Å². The van der Waals surface area contributed by atoms with Gasteiger partial charge < -0.3 is 10.5 Å². The monoisotopic (exact) mass is 287 g/mol. The summed E-state index contributed by atoms with van der Waals surface area (Å²) in [6.45, 7) is 2.23. The van der Waals surface area contributed by atoms with Gasteiger partial charge in [0.25, 0.3) is 0 Å². The molecular weight excluding hydrogens is 273 g/mol. The lowest BCUT2D eigenvalue weighted by atomic mass is 9.93. The van der Waals surface area contributed by atoms with E-state index in [1.165, 1.54) is 0 Å². The van der Waals surface area contributed by atoms with Gasteiger partial charge in [-0.1, -0.05) is 0 Å². The van der Waals surface area contributed by atoms with Crippen LogP contribution < -0.4 is 10.5 Å². The molecule has 1 aliphatic carbocycles. The molecule has 88 valence electrons. The maximum absolute atomic E-state index is 14.2. The fraction of sp³-hybridized carbons (Fsp3) is 0.500. The van der Waals surface area contributed by atoms with Gasteiger partial charge in [0.2, 0.25) is 0 Å². The molecule has 0 aromatic heterocycles. The third-order valence-electron chi connectivity index (χ3n) is 3.33. The molecule has 0 saturated heterocycles. The summed E-state index contributed by atoms with van der Waals surface area (Å²) in [6, 6.07) is 1.74. The van der Waals surface area contributed by atoms with Crippen LogP contribution in [-0.2, 0) is 5.41 Å². The van der Waals surface area contributed by atoms with E-state index >= 15 is 0 Å². The Bertz CT molecular complexity index is 430. The van der Waals surface area contributed by atoms with Crippen LogP contribution >= 0.6 is 15.9 Å². The summed E-state index contributed by atoms with van der Waals surface area (Å²) in [4.78, 5) is 0. The summed E-state index contributed by atoms with van der Waals surface area (Å²) in [6.07, 6.45) is 1.87. The van der Waals surface area contributed by atoms with E-state index in [9.17, 15) is 4.39 Å². The molecule has 2 N–H and O–H groups in total. The van der Waals surface area contributed by atoms with Gasteiger partial charge in [0, 0.05) is 17.5 Å². The molecule has 1 aromatic carbocycles. The number of ether oxygens (including phenoxy) is 1. The smallest absolute Gasteiger partial charge is 0.139 e. The van der Waals surface area contributed by atoms with Gasteiger partial charge in [0.15, 0.2) is 0 Å². The Morgan fingerprint density at radius 3 is 2.62 bits per heavy atom. The molecule has 1 aromatic rings. The lowest BCUT2D eigenvalue weighted by Crippen LogP contribution is -2.22. The molecule has 1 fully saturated rings. The molecule has 0 bridgehead atoms. The van der Waals surface area contributed by atoms with E-state index in [2.05, 4.69) is 15.9 Å². The Labute approximate surface area is 103 Å². The van der Waals surface area contributed by atoms with Crippen LogP contribution in [0, 0.1) is 12.7 Å². The predicted molar refractivity (Wildman–Crippen MR) is 65.4 cm³/mol. The Morgan fingerprint density at radius 1 is 1.56 bits per heavy atom. The average Bonchev–Trinajstić information content (AvgIpc) is 3.03. The van der Waals surface area contributed by atoms with Crippen LogP contribution in [0.5, 0.6) is 5.75 Å². The van der Waals surface area contributed by atoms with E-state index < -0.39 is 0 Å². The van der Waals surface area contributed by atoms with Crippen molar-refractivity contribution in [3.8, 4) is 5.75 Å². The summed E-state index contributed by atoms with van der Waals surface area (Å²) in [5.41, 5.74) is 6.82. The summed E-state index contributed by atoms with van der Waals surface area (Å²) >= 11 is 3.41. The van der Waals surface area contributed by atoms with Crippen LogP contribution in [0.25, 0.3) is 0 Å². The van der Waals surface area contributed by atoms with Gasteiger partial charge in [0.05, 0.1) is 11.6 Å². The van der Waals surface area contributed by atoms with Crippen molar-refractivity contribution in [2.45, 2.75) is 25.2 Å². The summed E-state index contributed by atoms with van der Waals surface area (Å²) in [5, 5.41) is 0. The molecule has 16 heavy (non-hydrogen) atoms. The fourth-order valence-corrected chi connectivity index (χ4v) is 2.82. The molecule has 0 spiro atoms. The van der Waals surface area contributed by atoms with Crippen LogP contribution in [0.3, 0.4) is 0 Å². The highest BCUT2D eigenvalue weighted by atomic mass is 79.9. The van der Waals surface area contributed by atoms with Crippen LogP contribution in [0.15, 0.2) is 10.5 Å². The molecule has 4 heteroatoms. The van der Waals surface area contributed by atoms with Crippen molar-refractivity contribution in [3.05, 3.63) is 27.5 Å². The molecule has 0 unspecified atom stereocenters. The molecule has 0 atom stereocenters. The third-order valence-corrected chi connectivity index (χ3v) is 3.92. The van der Waals surface area contributed by atoms with Crippen molar-refractivity contribution in [1.82, 2.24) is 0 Å². The number of rotatable bonds is 3. The zero-order chi connectivity index (χ0) is 11.9. The lowest BCUT2D eigenvalue weighted by Gasteiger charge is -2.20. The molecule has 2 rings (SSSR count). The lowest BCUT2D eigenvalue weighted by molar-refractivity contribution is 0.393. The van der Waals surface area contributed by atoms with Crippen LogP contribution in [0.4, 0.5) is 4.39 Å². The standard InChI is InChI=1S/C12H15BrFNO/c1-7-5-8(13)11(16-2)9(10(7)14)12(6-15)3-4-12/h5H,3-4,6,15H2,1-2H3. The Morgan fingerprint density at radius 2 is 2.19 bits per heavy atom. The van der Waals surface area contributed by atoms with E-state index in [-0.39, 0.29) is 11.2 Å². The average molecular weight is 288 g/mol. The molecule has 2 nitrogen and oxygen atoms in total. The maximum atomic E-state index is 14.2. The molecule has 1 aliphatic rings. The number of hydrogen-bond acceptors (Lipinski definition) is 2. The van der Waals surface area contributed by atoms with Crippen molar-refractivity contribution >= 4 is 15.9 Å². The van der Waals surface area contributed by atoms with Gasteiger partial charge >= 0.3 is 0 Å². The van der Waals surface area contributed by atoms with Gasteiger partial charge in [-0.3, -0.25) is 0 Å². The predicted octanol–water partition coefficient (Wildman–Crippen LogP) is 2.90. The summed E-state index contributed by atoms with van der Waals surface area (Å²) in [7, 11) is 1.56. The van der Waals surface area contributed by atoms with E-state index in [4.69, 9.17) is 10.5 Å². The number of hydrogen-bond donors (Lipinski definition) is 1. The van der Waals surface area contributed by atoms with Gasteiger partial charge in [-0.2, -0.15) is 0 Å². The van der Waals surface area contributed by atoms with Gasteiger partial charge in [-0.05, 0) is 47.3 Å². The number of benzene rings is 1. The summed E-state index contributed by atoms with van der Waals surface area (Å²) in [5.74, 6) is 0.411. The minimum atomic E-state index is -0.204. The highest BCUT2D eigenvalue weighted by Gasteiger charge is 2.47. The molecule has 0 heterocycles. The number of aryl methyl sites for hydroxylation is 1. The topological polar surface area (TPSA) is 35.2 Å². The fourth-order valence-electron chi connectivity index (χ4n) is 2.12. The Balaban J connectivity index is 2.66. The highest BCUT2D eigenvalue weighted by Crippen LogP contribution is 2.53. The first-order valence-electron chi connectivity index (χ1n) is 5.29. The van der Waals surface area contributed by atoms with Crippen molar-refractivity contribution in [1.29, 1.82) is 0 Å². The number of nitrogens with two attached hydrogens (primary N) is 1. The number of methoxy groups -OCH3 is 1. The van der Waals surface area contributed by atoms with Crippen LogP contribution in [0.2, 0.25) is 0 Å². The van der Waals surface area contributed by atoms with Crippen molar-refractivity contribution in [2.75, 3.05) is 13.7 Å². The first-order chi connectivity index (χ1) is 7.55. The third kappa shape index (κ3) is 1.64. The Hall–Kier alpha value is -0.610. The van der Waals surface area contributed by atoms with E-state index in [1.807, 2.05) is 0 Å². The van der Waals surface area contributed by atoms with Gasteiger partial charge in [-0.15, -0.1) is 0 Å². The molecular formula is C12H15BrFNO. The number of halogens is 2.